The van der Waals surface area contributed by atoms with Gasteiger partial charge in [0, 0.05) is 15.6 Å². The number of carbonyl (C=O) groups is 2. The predicted octanol–water partition coefficient (Wildman–Crippen LogP) is 3.64. The van der Waals surface area contributed by atoms with Gasteiger partial charge in [0.2, 0.25) is 5.91 Å². The highest BCUT2D eigenvalue weighted by atomic mass is 32.1. The van der Waals surface area contributed by atoms with E-state index in [2.05, 4.69) is 5.32 Å². The molecule has 0 aliphatic rings. The Morgan fingerprint density at radius 2 is 1.63 bits per heavy atom. The molecular formula is C23H20N2O4S. The van der Waals surface area contributed by atoms with E-state index in [-0.39, 0.29) is 24.3 Å². The molecule has 0 unspecified atom stereocenters. The molecule has 0 aliphatic carbocycles. The van der Waals surface area contributed by atoms with Gasteiger partial charge in [-0.3, -0.25) is 14.4 Å². The number of nitrogens with zero attached hydrogens (tertiary/aromatic N) is 1. The van der Waals surface area contributed by atoms with Gasteiger partial charge in [-0.2, -0.15) is 0 Å². The summed E-state index contributed by atoms with van der Waals surface area (Å²) in [6.45, 7) is 0.0182. The number of amides is 1. The highest BCUT2D eigenvalue weighted by molar-refractivity contribution is 7.10. The SMILES string of the molecule is COC(=O)C[C@@H](NC(=O)Cn1c2ccccc2c(=O)c2ccccc21)c1cccs1. The maximum Gasteiger partial charge on any atom is 0.307 e. The smallest absolute Gasteiger partial charge is 0.307 e. The quantitative estimate of drug-likeness (QED) is 0.382. The van der Waals surface area contributed by atoms with Crippen molar-refractivity contribution in [3.8, 4) is 0 Å². The van der Waals surface area contributed by atoms with Crippen LogP contribution in [0.25, 0.3) is 21.8 Å². The third-order valence-electron chi connectivity index (χ3n) is 5.00. The van der Waals surface area contributed by atoms with Gasteiger partial charge in [0.1, 0.15) is 6.54 Å². The number of carbonyl (C=O) groups excluding carboxylic acids is 2. The first-order valence-corrected chi connectivity index (χ1v) is 10.4. The van der Waals surface area contributed by atoms with E-state index < -0.39 is 12.0 Å². The van der Waals surface area contributed by atoms with Gasteiger partial charge in [0.05, 0.1) is 30.6 Å². The van der Waals surface area contributed by atoms with Crippen molar-refractivity contribution in [3.05, 3.63) is 81.1 Å². The molecule has 0 fully saturated rings. The van der Waals surface area contributed by atoms with Crippen LogP contribution in [-0.4, -0.2) is 23.6 Å². The third kappa shape index (κ3) is 3.84. The lowest BCUT2D eigenvalue weighted by Gasteiger charge is -2.19. The van der Waals surface area contributed by atoms with Gasteiger partial charge in [-0.25, -0.2) is 0 Å². The number of hydrogen-bond acceptors (Lipinski definition) is 5. The summed E-state index contributed by atoms with van der Waals surface area (Å²) in [5.74, 6) is -0.649. The highest BCUT2D eigenvalue weighted by Crippen LogP contribution is 2.23. The number of para-hydroxylation sites is 2. The number of rotatable bonds is 6. The Morgan fingerprint density at radius 3 is 2.20 bits per heavy atom. The molecule has 0 spiro atoms. The number of thiophene rings is 1. The number of methoxy groups -OCH3 is 1. The lowest BCUT2D eigenvalue weighted by atomic mass is 10.1. The third-order valence-corrected chi connectivity index (χ3v) is 5.99. The summed E-state index contributed by atoms with van der Waals surface area (Å²) in [5, 5.41) is 5.97. The van der Waals surface area contributed by atoms with Crippen LogP contribution in [0.4, 0.5) is 0 Å². The summed E-state index contributed by atoms with van der Waals surface area (Å²) < 4.78 is 6.62. The molecule has 1 N–H and O–H groups in total. The second-order valence-electron chi connectivity index (χ2n) is 6.87. The van der Waals surface area contributed by atoms with Crippen LogP contribution >= 0.6 is 11.3 Å². The zero-order valence-corrected chi connectivity index (χ0v) is 17.1. The molecule has 1 atom stereocenters. The van der Waals surface area contributed by atoms with Gasteiger partial charge in [-0.15, -0.1) is 11.3 Å². The first kappa shape index (κ1) is 19.8. The molecule has 30 heavy (non-hydrogen) atoms. The Morgan fingerprint density at radius 1 is 1.00 bits per heavy atom. The maximum absolute atomic E-state index is 13.0. The van der Waals surface area contributed by atoms with E-state index in [4.69, 9.17) is 4.74 Å². The second-order valence-corrected chi connectivity index (χ2v) is 7.84. The lowest BCUT2D eigenvalue weighted by Crippen LogP contribution is -2.33. The van der Waals surface area contributed by atoms with Crippen LogP contribution < -0.4 is 10.7 Å². The standard InChI is InChI=1S/C23H20N2O4S/c1-29-22(27)13-17(20-11-6-12-30-20)24-21(26)14-25-18-9-4-2-7-15(18)23(28)16-8-3-5-10-19(16)25/h2-12,17H,13-14H2,1H3,(H,24,26)/t17-/m1/s1. The summed E-state index contributed by atoms with van der Waals surface area (Å²) in [6.07, 6.45) is 0.0500. The molecule has 1 amide bonds. The first-order chi connectivity index (χ1) is 14.6. The molecule has 152 valence electrons. The minimum absolute atomic E-state index is 0.0182. The van der Waals surface area contributed by atoms with Gasteiger partial charge in [-0.05, 0) is 35.7 Å². The summed E-state index contributed by atoms with van der Waals surface area (Å²) >= 11 is 1.47. The van der Waals surface area contributed by atoms with Gasteiger partial charge in [0.15, 0.2) is 5.43 Å². The Balaban J connectivity index is 1.71. The van der Waals surface area contributed by atoms with Gasteiger partial charge in [0.25, 0.3) is 0 Å². The fourth-order valence-electron chi connectivity index (χ4n) is 3.59. The second kappa shape index (κ2) is 8.51. The van der Waals surface area contributed by atoms with E-state index in [0.717, 1.165) is 4.88 Å². The molecule has 0 saturated carbocycles. The normalized spacial score (nSPS) is 12.0. The van der Waals surface area contributed by atoms with Crippen LogP contribution in [0.5, 0.6) is 0 Å². The molecule has 0 radical (unpaired) electrons. The number of aromatic nitrogens is 1. The Kier molecular flexibility index (Phi) is 5.63. The Bertz CT molecular complexity index is 1220. The summed E-state index contributed by atoms with van der Waals surface area (Å²) in [5.41, 5.74) is 1.33. The van der Waals surface area contributed by atoms with E-state index in [0.29, 0.717) is 21.8 Å². The molecule has 0 bridgehead atoms. The molecule has 2 heterocycles. The molecule has 2 aromatic heterocycles. The zero-order chi connectivity index (χ0) is 21.1. The monoisotopic (exact) mass is 420 g/mol. The van der Waals surface area contributed by atoms with Gasteiger partial charge >= 0.3 is 5.97 Å². The van der Waals surface area contributed by atoms with Crippen molar-refractivity contribution in [1.29, 1.82) is 0 Å². The highest BCUT2D eigenvalue weighted by Gasteiger charge is 2.21. The van der Waals surface area contributed by atoms with E-state index in [9.17, 15) is 14.4 Å². The van der Waals surface area contributed by atoms with Crippen molar-refractivity contribution in [2.24, 2.45) is 0 Å². The molecule has 0 aliphatic heterocycles. The van der Waals surface area contributed by atoms with Crippen LogP contribution in [0.2, 0.25) is 0 Å². The van der Waals surface area contributed by atoms with Gasteiger partial charge < -0.3 is 14.6 Å². The summed E-state index contributed by atoms with van der Waals surface area (Å²) in [6, 6.07) is 17.8. The van der Waals surface area contributed by atoms with Crippen LogP contribution in [-0.2, 0) is 20.9 Å². The minimum Gasteiger partial charge on any atom is -0.469 e. The van der Waals surface area contributed by atoms with Crippen molar-refractivity contribution in [2.45, 2.75) is 19.0 Å². The molecule has 0 saturated heterocycles. The predicted molar refractivity (Wildman–Crippen MR) is 118 cm³/mol. The van der Waals surface area contributed by atoms with Crippen LogP contribution in [0, 0.1) is 0 Å². The average molecular weight is 420 g/mol. The van der Waals surface area contributed by atoms with Crippen molar-refractivity contribution in [1.82, 2.24) is 9.88 Å². The Hall–Kier alpha value is -3.45. The van der Waals surface area contributed by atoms with E-state index >= 15 is 0 Å². The fraction of sp³-hybridized carbons (Fsp3) is 0.174. The van der Waals surface area contributed by atoms with Crippen LogP contribution in [0.1, 0.15) is 17.3 Å². The first-order valence-electron chi connectivity index (χ1n) is 9.48. The van der Waals surface area contributed by atoms with Crippen molar-refractivity contribution in [3.63, 3.8) is 0 Å². The fourth-order valence-corrected chi connectivity index (χ4v) is 4.37. The maximum atomic E-state index is 13.0. The lowest BCUT2D eigenvalue weighted by molar-refractivity contribution is -0.141. The average Bonchev–Trinajstić information content (AvgIpc) is 3.31. The van der Waals surface area contributed by atoms with Gasteiger partial charge in [-0.1, -0.05) is 30.3 Å². The van der Waals surface area contributed by atoms with Crippen molar-refractivity contribution in [2.75, 3.05) is 7.11 Å². The van der Waals surface area contributed by atoms with Crippen molar-refractivity contribution >= 4 is 45.0 Å². The van der Waals surface area contributed by atoms with Crippen LogP contribution in [0.15, 0.2) is 70.8 Å². The minimum atomic E-state index is -0.470. The number of pyridine rings is 1. The molecule has 4 rings (SSSR count). The number of ether oxygens (including phenoxy) is 1. The summed E-state index contributed by atoms with van der Waals surface area (Å²) in [7, 11) is 1.33. The molecule has 4 aromatic rings. The molecule has 2 aromatic carbocycles. The number of benzene rings is 2. The zero-order valence-electron chi connectivity index (χ0n) is 16.3. The topological polar surface area (TPSA) is 77.4 Å². The molecule has 6 nitrogen and oxygen atoms in total. The number of nitrogens with one attached hydrogen (secondary N) is 1. The van der Waals surface area contributed by atoms with E-state index in [1.165, 1.54) is 18.4 Å². The van der Waals surface area contributed by atoms with Crippen molar-refractivity contribution < 1.29 is 14.3 Å². The molecule has 7 heteroatoms. The van der Waals surface area contributed by atoms with E-state index in [1.54, 1.807) is 12.1 Å². The molecular weight excluding hydrogens is 400 g/mol. The number of esters is 1. The van der Waals surface area contributed by atoms with Crippen LogP contribution in [0.3, 0.4) is 0 Å². The van der Waals surface area contributed by atoms with E-state index in [1.807, 2.05) is 58.5 Å². The number of hydrogen-bond donors (Lipinski definition) is 1. The summed E-state index contributed by atoms with van der Waals surface area (Å²) in [4.78, 5) is 38.6. The largest absolute Gasteiger partial charge is 0.469 e. The Labute approximate surface area is 176 Å². The number of fused-ring (bicyclic) bond motifs is 2.